The Morgan fingerprint density at radius 1 is 1.07 bits per heavy atom. The van der Waals surface area contributed by atoms with Gasteiger partial charge in [-0.2, -0.15) is 9.57 Å². The van der Waals surface area contributed by atoms with Crippen LogP contribution in [0, 0.1) is 11.3 Å². The number of likely N-dealkylation sites (tertiary alicyclic amines) is 1. The summed E-state index contributed by atoms with van der Waals surface area (Å²) < 4.78 is 50.9. The van der Waals surface area contributed by atoms with Gasteiger partial charge in [0.2, 0.25) is 5.88 Å². The summed E-state index contributed by atoms with van der Waals surface area (Å²) in [6.45, 7) is 6.97. The minimum atomic E-state index is -4.56. The van der Waals surface area contributed by atoms with E-state index in [4.69, 9.17) is 18.9 Å². The van der Waals surface area contributed by atoms with Crippen molar-refractivity contribution in [2.24, 2.45) is 0 Å². The van der Waals surface area contributed by atoms with Crippen molar-refractivity contribution in [2.75, 3.05) is 24.0 Å². The average Bonchev–Trinajstić information content (AvgIpc) is 3.22. The number of ether oxygens (including phenoxy) is 4. The number of aromatic nitrogens is 1. The number of anilines is 1. The highest BCUT2D eigenvalue weighted by Crippen LogP contribution is 2.51. The summed E-state index contributed by atoms with van der Waals surface area (Å²) in [6.07, 6.45) is -1.32. The van der Waals surface area contributed by atoms with Crippen molar-refractivity contribution in [3.8, 4) is 11.9 Å². The van der Waals surface area contributed by atoms with Gasteiger partial charge in [-0.1, -0.05) is 18.2 Å². The number of hydrogen-bond donors (Lipinski definition) is 0. The van der Waals surface area contributed by atoms with E-state index in [1.807, 2.05) is 6.07 Å². The highest BCUT2D eigenvalue weighted by Gasteiger charge is 2.61. The summed E-state index contributed by atoms with van der Waals surface area (Å²) in [4.78, 5) is 45.8. The number of hydrogen-bond acceptors (Lipinski definition) is 11. The molecular weight excluding hydrogens is 604 g/mol. The molecule has 234 valence electrons. The minimum Gasteiger partial charge on any atom is -0.478 e. The van der Waals surface area contributed by atoms with Gasteiger partial charge in [-0.15, -0.1) is 0 Å². The Labute approximate surface area is 259 Å². The Morgan fingerprint density at radius 3 is 2.42 bits per heavy atom. The van der Waals surface area contributed by atoms with Gasteiger partial charge in [0.15, 0.2) is 0 Å². The van der Waals surface area contributed by atoms with E-state index in [0.29, 0.717) is 4.31 Å². The summed E-state index contributed by atoms with van der Waals surface area (Å²) in [5, 5.41) is 9.72. The van der Waals surface area contributed by atoms with E-state index in [2.05, 4.69) is 4.98 Å². The zero-order valence-electron chi connectivity index (χ0n) is 24.9. The van der Waals surface area contributed by atoms with Gasteiger partial charge in [0, 0.05) is 11.8 Å². The number of nitrogens with zero attached hydrogens (tertiary/aromatic N) is 4. The molecule has 1 atom stereocenters. The van der Waals surface area contributed by atoms with Crippen LogP contribution in [0.15, 0.2) is 71.8 Å². The quantitative estimate of drug-likeness (QED) is 0.344. The predicted molar refractivity (Wildman–Crippen MR) is 158 cm³/mol. The molecule has 14 heteroatoms. The van der Waals surface area contributed by atoms with Crippen LogP contribution in [0.3, 0.4) is 0 Å². The Bertz CT molecular complexity index is 1800. The van der Waals surface area contributed by atoms with Crippen LogP contribution in [-0.4, -0.2) is 67.9 Å². The van der Waals surface area contributed by atoms with Crippen LogP contribution in [0.4, 0.5) is 15.3 Å². The first-order chi connectivity index (χ1) is 21.3. The van der Waals surface area contributed by atoms with E-state index in [-0.39, 0.29) is 52.8 Å². The smallest absolute Gasteiger partial charge is 0.478 e. The SMILES string of the molecule is CCOc1ncccc1C1(OC(=O)OC2CN(C(=O)OC(C)(C)C)C2)C(=O)N(S(=O)(=O)c2ccccc2)c2ccc(C#N)cc21. The first-order valence-corrected chi connectivity index (χ1v) is 15.4. The van der Waals surface area contributed by atoms with Gasteiger partial charge in [-0.3, -0.25) is 4.79 Å². The maximum atomic E-state index is 14.6. The second-order valence-electron chi connectivity index (χ2n) is 11.2. The number of carbonyl (C=O) groups is 3. The third-order valence-corrected chi connectivity index (χ3v) is 8.63. The molecule has 1 aromatic heterocycles. The second kappa shape index (κ2) is 11.7. The lowest BCUT2D eigenvalue weighted by molar-refractivity contribution is -0.136. The Kier molecular flexibility index (Phi) is 8.15. The molecule has 0 aliphatic carbocycles. The van der Waals surface area contributed by atoms with Crippen molar-refractivity contribution < 1.29 is 41.7 Å². The molecule has 2 amide bonds. The number of sulfonamides is 1. The van der Waals surface area contributed by atoms with Crippen molar-refractivity contribution in [3.63, 3.8) is 0 Å². The Morgan fingerprint density at radius 2 is 1.78 bits per heavy atom. The van der Waals surface area contributed by atoms with Crippen LogP contribution in [-0.2, 0) is 34.6 Å². The van der Waals surface area contributed by atoms with Crippen LogP contribution >= 0.6 is 0 Å². The molecule has 0 radical (unpaired) electrons. The number of fused-ring (bicyclic) bond motifs is 1. The molecule has 0 N–H and O–H groups in total. The van der Waals surface area contributed by atoms with Gasteiger partial charge in [-0.25, -0.2) is 23.0 Å². The lowest BCUT2D eigenvalue weighted by atomic mass is 9.87. The molecule has 2 aromatic carbocycles. The number of pyridine rings is 1. The third-order valence-electron chi connectivity index (χ3n) is 6.92. The minimum absolute atomic E-state index is 0.00568. The largest absolute Gasteiger partial charge is 0.510 e. The normalized spacial score (nSPS) is 18.0. The van der Waals surface area contributed by atoms with Crippen LogP contribution in [0.1, 0.15) is 44.4 Å². The van der Waals surface area contributed by atoms with Crippen LogP contribution in [0.2, 0.25) is 0 Å². The molecule has 3 aromatic rings. The van der Waals surface area contributed by atoms with Crippen molar-refractivity contribution in [2.45, 2.75) is 49.9 Å². The van der Waals surface area contributed by atoms with Crippen molar-refractivity contribution in [1.82, 2.24) is 9.88 Å². The van der Waals surface area contributed by atoms with E-state index in [1.54, 1.807) is 33.8 Å². The number of carbonyl (C=O) groups excluding carboxylic acids is 3. The summed E-state index contributed by atoms with van der Waals surface area (Å²) in [7, 11) is -4.56. The van der Waals surface area contributed by atoms with Gasteiger partial charge in [0.25, 0.3) is 21.5 Å². The molecule has 1 unspecified atom stereocenters. The maximum Gasteiger partial charge on any atom is 0.510 e. The first-order valence-electron chi connectivity index (χ1n) is 14.0. The van der Waals surface area contributed by atoms with Gasteiger partial charge < -0.3 is 23.8 Å². The molecule has 0 spiro atoms. The Hall–Kier alpha value is -5.16. The number of rotatable bonds is 7. The highest BCUT2D eigenvalue weighted by atomic mass is 32.2. The van der Waals surface area contributed by atoms with Crippen molar-refractivity contribution in [3.05, 3.63) is 83.6 Å². The molecule has 1 fully saturated rings. The number of nitriles is 1. The molecule has 1 saturated heterocycles. The fraction of sp³-hybridized carbons (Fsp3) is 0.323. The van der Waals surface area contributed by atoms with Gasteiger partial charge in [0.1, 0.15) is 11.7 Å². The zero-order chi connectivity index (χ0) is 32.6. The molecule has 5 rings (SSSR count). The zero-order valence-corrected chi connectivity index (χ0v) is 25.7. The molecule has 45 heavy (non-hydrogen) atoms. The molecule has 3 heterocycles. The first kappa shape index (κ1) is 31.3. The van der Waals surface area contributed by atoms with Crippen molar-refractivity contribution in [1.29, 1.82) is 5.26 Å². The topological polar surface area (TPSA) is 165 Å². The fourth-order valence-electron chi connectivity index (χ4n) is 4.97. The van der Waals surface area contributed by atoms with E-state index in [1.165, 1.54) is 65.7 Å². The second-order valence-corrected chi connectivity index (χ2v) is 13.0. The van der Waals surface area contributed by atoms with E-state index < -0.39 is 45.5 Å². The fourth-order valence-corrected chi connectivity index (χ4v) is 6.44. The lowest BCUT2D eigenvalue weighted by Crippen LogP contribution is -2.57. The number of benzene rings is 2. The maximum absolute atomic E-state index is 14.6. The molecule has 0 bridgehead atoms. The van der Waals surface area contributed by atoms with E-state index >= 15 is 0 Å². The molecule has 13 nitrogen and oxygen atoms in total. The summed E-state index contributed by atoms with van der Waals surface area (Å²) in [5.74, 6) is -1.28. The monoisotopic (exact) mass is 634 g/mol. The van der Waals surface area contributed by atoms with Crippen LogP contribution in [0.25, 0.3) is 0 Å². The van der Waals surface area contributed by atoms with Crippen molar-refractivity contribution >= 4 is 33.9 Å². The highest BCUT2D eigenvalue weighted by molar-refractivity contribution is 7.93. The molecule has 2 aliphatic rings. The van der Waals surface area contributed by atoms with Gasteiger partial charge >= 0.3 is 12.2 Å². The van der Waals surface area contributed by atoms with Gasteiger partial charge in [0.05, 0.1) is 47.5 Å². The predicted octanol–water partition coefficient (Wildman–Crippen LogP) is 4.10. The molecule has 2 aliphatic heterocycles. The van der Waals surface area contributed by atoms with E-state index in [0.717, 1.165) is 0 Å². The molecule has 0 saturated carbocycles. The number of amides is 2. The summed E-state index contributed by atoms with van der Waals surface area (Å²) >= 11 is 0. The van der Waals surface area contributed by atoms with Crippen LogP contribution < -0.4 is 9.04 Å². The molecular formula is C31H30N4O9S. The summed E-state index contributed by atoms with van der Waals surface area (Å²) in [6, 6.07) is 16.0. The lowest BCUT2D eigenvalue weighted by Gasteiger charge is -2.39. The van der Waals surface area contributed by atoms with E-state index in [9.17, 15) is 28.1 Å². The standard InChI is InChI=1S/C31H30N4O9S/c1-5-41-26-23(12-9-15-33-26)31(44-29(38)42-21-18-34(19-21)28(37)43-30(2,3)4)24-16-20(17-32)13-14-25(24)35(27(31)36)45(39,40)22-10-7-6-8-11-22/h6-16,21H,5,18-19H2,1-4H3. The van der Waals surface area contributed by atoms with Gasteiger partial charge in [-0.05, 0) is 70.2 Å². The third kappa shape index (κ3) is 5.74. The average molecular weight is 635 g/mol. The Balaban J connectivity index is 1.58. The summed E-state index contributed by atoms with van der Waals surface area (Å²) in [5.41, 5.74) is -3.48. The van der Waals surface area contributed by atoms with Crippen LogP contribution in [0.5, 0.6) is 5.88 Å².